The van der Waals surface area contributed by atoms with Crippen molar-refractivity contribution in [3.8, 4) is 11.8 Å². The van der Waals surface area contributed by atoms with Gasteiger partial charge in [0.15, 0.2) is 6.61 Å². The van der Waals surface area contributed by atoms with Crippen molar-refractivity contribution in [1.82, 2.24) is 10.2 Å². The first-order chi connectivity index (χ1) is 10.1. The quantitative estimate of drug-likeness (QED) is 0.759. The van der Waals surface area contributed by atoms with E-state index < -0.39 is 0 Å². The third-order valence-electron chi connectivity index (χ3n) is 3.64. The average molecular weight is 289 g/mol. The smallest absolute Gasteiger partial charge is 0.174 e. The molecule has 0 radical (unpaired) electrons. The first-order valence-corrected chi connectivity index (χ1v) is 7.68. The van der Waals surface area contributed by atoms with Gasteiger partial charge in [0, 0.05) is 18.6 Å². The molecule has 1 rings (SSSR count). The molecule has 0 amide bonds. The summed E-state index contributed by atoms with van der Waals surface area (Å²) in [5.41, 5.74) is 1.23. The summed E-state index contributed by atoms with van der Waals surface area (Å²) in [6, 6.07) is 10.6. The van der Waals surface area contributed by atoms with E-state index in [9.17, 15) is 0 Å². The van der Waals surface area contributed by atoms with Crippen molar-refractivity contribution in [3.05, 3.63) is 29.8 Å². The Bertz CT molecular complexity index is 434. The van der Waals surface area contributed by atoms with E-state index in [0.717, 1.165) is 25.4 Å². The summed E-state index contributed by atoms with van der Waals surface area (Å²) in [5, 5.41) is 12.1. The molecule has 0 aliphatic heterocycles. The van der Waals surface area contributed by atoms with Crippen LogP contribution in [0.5, 0.6) is 5.75 Å². The largest absolute Gasteiger partial charge is 0.479 e. The number of nitriles is 1. The summed E-state index contributed by atoms with van der Waals surface area (Å²) >= 11 is 0. The molecule has 0 saturated carbocycles. The fourth-order valence-corrected chi connectivity index (χ4v) is 2.41. The molecule has 0 fully saturated rings. The molecule has 116 valence electrons. The van der Waals surface area contributed by atoms with Gasteiger partial charge in [-0.1, -0.05) is 26.0 Å². The second kappa shape index (κ2) is 9.38. The number of benzene rings is 1. The zero-order chi connectivity index (χ0) is 15.7. The van der Waals surface area contributed by atoms with Gasteiger partial charge in [0.05, 0.1) is 0 Å². The lowest BCUT2D eigenvalue weighted by Crippen LogP contribution is -2.40. The highest BCUT2D eigenvalue weighted by atomic mass is 16.5. The monoisotopic (exact) mass is 289 g/mol. The van der Waals surface area contributed by atoms with Crippen LogP contribution in [0.2, 0.25) is 0 Å². The number of likely N-dealkylation sites (N-methyl/N-ethyl adjacent to an activating group) is 1. The maximum Gasteiger partial charge on any atom is 0.174 e. The Morgan fingerprint density at radius 2 is 1.81 bits per heavy atom. The molecule has 4 nitrogen and oxygen atoms in total. The van der Waals surface area contributed by atoms with Crippen molar-refractivity contribution >= 4 is 0 Å². The minimum Gasteiger partial charge on any atom is -0.479 e. The molecule has 0 aromatic heterocycles. The number of nitrogens with zero attached hydrogens (tertiary/aromatic N) is 2. The normalized spacial score (nSPS) is 13.7. The van der Waals surface area contributed by atoms with E-state index in [1.54, 1.807) is 0 Å². The highest BCUT2D eigenvalue weighted by Crippen LogP contribution is 2.18. The SMILES string of the molecule is CCN(CC)CC(C)NC(C)c1ccc(OCC#N)cc1. The zero-order valence-electron chi connectivity index (χ0n) is 13.6. The van der Waals surface area contributed by atoms with Crippen molar-refractivity contribution in [3.63, 3.8) is 0 Å². The fourth-order valence-electron chi connectivity index (χ4n) is 2.41. The van der Waals surface area contributed by atoms with Gasteiger partial charge in [-0.2, -0.15) is 5.26 Å². The molecule has 0 aliphatic rings. The maximum atomic E-state index is 8.49. The van der Waals surface area contributed by atoms with Crippen molar-refractivity contribution < 1.29 is 4.74 Å². The Kier molecular flexibility index (Phi) is 7.81. The summed E-state index contributed by atoms with van der Waals surface area (Å²) < 4.78 is 5.26. The Morgan fingerprint density at radius 1 is 1.19 bits per heavy atom. The lowest BCUT2D eigenvalue weighted by atomic mass is 10.1. The maximum absolute atomic E-state index is 8.49. The van der Waals surface area contributed by atoms with Crippen molar-refractivity contribution in [1.29, 1.82) is 5.26 Å². The fraction of sp³-hybridized carbons (Fsp3) is 0.588. The Balaban J connectivity index is 2.51. The van der Waals surface area contributed by atoms with Gasteiger partial charge < -0.3 is 15.0 Å². The van der Waals surface area contributed by atoms with Gasteiger partial charge in [0.2, 0.25) is 0 Å². The predicted molar refractivity (Wildman–Crippen MR) is 86.4 cm³/mol. The van der Waals surface area contributed by atoms with Crippen LogP contribution in [0.1, 0.15) is 39.3 Å². The van der Waals surface area contributed by atoms with Crippen molar-refractivity contribution in [2.24, 2.45) is 0 Å². The van der Waals surface area contributed by atoms with Crippen LogP contribution < -0.4 is 10.1 Å². The minimum absolute atomic E-state index is 0.0913. The minimum atomic E-state index is 0.0913. The molecule has 4 heteroatoms. The first-order valence-electron chi connectivity index (χ1n) is 7.68. The van der Waals surface area contributed by atoms with Crippen LogP contribution in [0.3, 0.4) is 0 Å². The second-order valence-electron chi connectivity index (χ2n) is 5.29. The van der Waals surface area contributed by atoms with Crippen LogP contribution in [0.25, 0.3) is 0 Å². The predicted octanol–water partition coefficient (Wildman–Crippen LogP) is 2.97. The van der Waals surface area contributed by atoms with Crippen LogP contribution >= 0.6 is 0 Å². The molecule has 2 atom stereocenters. The van der Waals surface area contributed by atoms with E-state index in [0.29, 0.717) is 12.1 Å². The van der Waals surface area contributed by atoms with Gasteiger partial charge >= 0.3 is 0 Å². The molecule has 0 spiro atoms. The van der Waals surface area contributed by atoms with Crippen LogP contribution in [0.4, 0.5) is 0 Å². The van der Waals surface area contributed by atoms with Crippen LogP contribution in [-0.4, -0.2) is 37.2 Å². The average Bonchev–Trinajstić information content (AvgIpc) is 2.50. The third kappa shape index (κ3) is 6.16. The second-order valence-corrected chi connectivity index (χ2v) is 5.29. The van der Waals surface area contributed by atoms with Gasteiger partial charge in [-0.3, -0.25) is 0 Å². The number of rotatable bonds is 9. The zero-order valence-corrected chi connectivity index (χ0v) is 13.6. The molecule has 0 bridgehead atoms. The van der Waals surface area contributed by atoms with E-state index in [1.807, 2.05) is 18.2 Å². The van der Waals surface area contributed by atoms with Crippen LogP contribution in [0.15, 0.2) is 24.3 Å². The van der Waals surface area contributed by atoms with Crippen molar-refractivity contribution in [2.45, 2.75) is 39.8 Å². The van der Waals surface area contributed by atoms with E-state index in [4.69, 9.17) is 10.00 Å². The molecule has 1 aromatic carbocycles. The third-order valence-corrected chi connectivity index (χ3v) is 3.64. The lowest BCUT2D eigenvalue weighted by molar-refractivity contribution is 0.264. The summed E-state index contributed by atoms with van der Waals surface area (Å²) in [6.07, 6.45) is 0. The molecule has 1 aromatic rings. The number of hydrogen-bond acceptors (Lipinski definition) is 4. The summed E-state index contributed by atoms with van der Waals surface area (Å²) in [5.74, 6) is 0.740. The Hall–Kier alpha value is -1.57. The first kappa shape index (κ1) is 17.5. The van der Waals surface area contributed by atoms with Gasteiger partial charge in [-0.15, -0.1) is 0 Å². The molecule has 21 heavy (non-hydrogen) atoms. The molecule has 1 N–H and O–H groups in total. The van der Waals surface area contributed by atoms with E-state index in [-0.39, 0.29) is 6.61 Å². The summed E-state index contributed by atoms with van der Waals surface area (Å²) in [6.45, 7) is 12.1. The Labute approximate surface area is 128 Å². The molecular formula is C17H27N3O. The molecular weight excluding hydrogens is 262 g/mol. The number of ether oxygens (including phenoxy) is 1. The number of nitrogens with one attached hydrogen (secondary N) is 1. The molecule has 2 unspecified atom stereocenters. The molecule has 0 heterocycles. The van der Waals surface area contributed by atoms with Crippen LogP contribution in [0, 0.1) is 11.3 Å². The lowest BCUT2D eigenvalue weighted by Gasteiger charge is -2.26. The highest BCUT2D eigenvalue weighted by molar-refractivity contribution is 5.29. The number of hydrogen-bond donors (Lipinski definition) is 1. The van der Waals surface area contributed by atoms with Crippen molar-refractivity contribution in [2.75, 3.05) is 26.2 Å². The standard InChI is InChI=1S/C17H27N3O/c1-5-20(6-2)13-14(3)19-15(4)16-7-9-17(10-8-16)21-12-11-18/h7-10,14-15,19H,5-6,12-13H2,1-4H3. The van der Waals surface area contributed by atoms with E-state index >= 15 is 0 Å². The van der Waals surface area contributed by atoms with Crippen LogP contribution in [-0.2, 0) is 0 Å². The van der Waals surface area contributed by atoms with E-state index in [2.05, 4.69) is 50.0 Å². The molecule has 0 saturated heterocycles. The Morgan fingerprint density at radius 3 is 2.33 bits per heavy atom. The van der Waals surface area contributed by atoms with Gasteiger partial charge in [0.1, 0.15) is 11.8 Å². The van der Waals surface area contributed by atoms with E-state index in [1.165, 1.54) is 5.56 Å². The highest BCUT2D eigenvalue weighted by Gasteiger charge is 2.11. The topological polar surface area (TPSA) is 48.3 Å². The van der Waals surface area contributed by atoms with Gasteiger partial charge in [0.25, 0.3) is 0 Å². The summed E-state index contributed by atoms with van der Waals surface area (Å²) in [4.78, 5) is 2.42. The van der Waals surface area contributed by atoms with Gasteiger partial charge in [-0.05, 0) is 44.6 Å². The van der Waals surface area contributed by atoms with Gasteiger partial charge in [-0.25, -0.2) is 0 Å². The molecule has 0 aliphatic carbocycles. The summed E-state index contributed by atoms with van der Waals surface area (Å²) in [7, 11) is 0.